The number of nitrogens with zero attached hydrogens (tertiary/aromatic N) is 1. The van der Waals surface area contributed by atoms with Crippen LogP contribution in [0.1, 0.15) is 6.92 Å². The predicted octanol–water partition coefficient (Wildman–Crippen LogP) is 0.632. The van der Waals surface area contributed by atoms with Gasteiger partial charge in [0, 0.05) is 5.70 Å². The summed E-state index contributed by atoms with van der Waals surface area (Å²) >= 11 is 0. The van der Waals surface area contributed by atoms with Crippen LogP contribution in [-0.2, 0) is 4.79 Å². The van der Waals surface area contributed by atoms with E-state index in [2.05, 4.69) is 18.2 Å². The monoisotopic (exact) mass is 138 g/mol. The second kappa shape index (κ2) is 3.61. The van der Waals surface area contributed by atoms with Crippen LogP contribution in [0.3, 0.4) is 0 Å². The van der Waals surface area contributed by atoms with Crippen molar-refractivity contribution in [2.24, 2.45) is 10.7 Å². The zero-order chi connectivity index (χ0) is 8.15. The van der Waals surface area contributed by atoms with E-state index < -0.39 is 5.91 Å². The van der Waals surface area contributed by atoms with Crippen molar-refractivity contribution >= 4 is 11.6 Å². The standard InChI is InChI=1S/C7H10N2O/c1-4-6(7(8)10)9-5(2)3/h4H,1-2H2,3H3,(H2,8,10). The first-order valence-electron chi connectivity index (χ1n) is 2.74. The summed E-state index contributed by atoms with van der Waals surface area (Å²) < 4.78 is 0. The lowest BCUT2D eigenvalue weighted by Crippen LogP contribution is -2.21. The third kappa shape index (κ3) is 2.81. The third-order valence-corrected chi connectivity index (χ3v) is 0.757. The molecule has 0 heterocycles. The highest BCUT2D eigenvalue weighted by molar-refractivity contribution is 6.42. The summed E-state index contributed by atoms with van der Waals surface area (Å²) in [5.74, 6) is -0.585. The molecule has 0 radical (unpaired) electrons. The molecule has 0 aliphatic rings. The van der Waals surface area contributed by atoms with E-state index in [-0.39, 0.29) is 5.71 Å². The van der Waals surface area contributed by atoms with Crippen molar-refractivity contribution in [2.45, 2.75) is 6.92 Å². The van der Waals surface area contributed by atoms with Crippen LogP contribution in [0.5, 0.6) is 0 Å². The normalized spacial score (nSPS) is 10.7. The molecule has 0 unspecified atom stereocenters. The maximum absolute atomic E-state index is 10.4. The molecule has 0 saturated carbocycles. The Morgan fingerprint density at radius 3 is 2.30 bits per heavy atom. The van der Waals surface area contributed by atoms with Gasteiger partial charge in [-0.05, 0) is 13.0 Å². The van der Waals surface area contributed by atoms with Crippen LogP contribution in [0.4, 0.5) is 0 Å². The van der Waals surface area contributed by atoms with E-state index in [9.17, 15) is 4.79 Å². The van der Waals surface area contributed by atoms with Gasteiger partial charge in [0.1, 0.15) is 5.71 Å². The number of allylic oxidation sites excluding steroid dienone is 1. The lowest BCUT2D eigenvalue weighted by Gasteiger charge is -1.92. The topological polar surface area (TPSA) is 55.4 Å². The highest BCUT2D eigenvalue weighted by atomic mass is 16.1. The van der Waals surface area contributed by atoms with E-state index in [1.165, 1.54) is 6.08 Å². The van der Waals surface area contributed by atoms with E-state index in [1.54, 1.807) is 6.92 Å². The largest absolute Gasteiger partial charge is 0.364 e. The van der Waals surface area contributed by atoms with Gasteiger partial charge in [-0.15, -0.1) is 0 Å². The van der Waals surface area contributed by atoms with Crippen LogP contribution in [0.25, 0.3) is 0 Å². The molecule has 10 heavy (non-hydrogen) atoms. The number of aliphatic imine (C=N–C) groups is 1. The van der Waals surface area contributed by atoms with Gasteiger partial charge in [0.15, 0.2) is 0 Å². The number of hydrogen-bond acceptors (Lipinski definition) is 2. The van der Waals surface area contributed by atoms with Crippen LogP contribution in [0.15, 0.2) is 29.9 Å². The number of hydrogen-bond donors (Lipinski definition) is 1. The molecule has 0 atom stereocenters. The van der Waals surface area contributed by atoms with Gasteiger partial charge in [0.2, 0.25) is 0 Å². The number of rotatable bonds is 3. The van der Waals surface area contributed by atoms with Crippen molar-refractivity contribution in [1.29, 1.82) is 0 Å². The van der Waals surface area contributed by atoms with Crippen molar-refractivity contribution in [2.75, 3.05) is 0 Å². The first kappa shape index (κ1) is 8.62. The Morgan fingerprint density at radius 1 is 1.70 bits per heavy atom. The molecule has 1 amide bonds. The summed E-state index contributed by atoms with van der Waals surface area (Å²) in [4.78, 5) is 14.2. The first-order valence-corrected chi connectivity index (χ1v) is 2.74. The van der Waals surface area contributed by atoms with Gasteiger partial charge < -0.3 is 5.73 Å². The average molecular weight is 138 g/mol. The molecule has 0 fully saturated rings. The molecule has 0 aromatic carbocycles. The zero-order valence-corrected chi connectivity index (χ0v) is 5.92. The zero-order valence-electron chi connectivity index (χ0n) is 5.92. The molecule has 3 heteroatoms. The SMILES string of the molecule is C=CC(=NC(=C)C)C(N)=O. The van der Waals surface area contributed by atoms with Crippen LogP contribution in [-0.4, -0.2) is 11.6 Å². The third-order valence-electron chi connectivity index (χ3n) is 0.757. The molecule has 0 aromatic heterocycles. The van der Waals surface area contributed by atoms with Gasteiger partial charge in [-0.2, -0.15) is 0 Å². The molecule has 0 bridgehead atoms. The Kier molecular flexibility index (Phi) is 3.11. The Hall–Kier alpha value is -1.38. The summed E-state index contributed by atoms with van der Waals surface area (Å²) in [6.45, 7) is 8.52. The molecular weight excluding hydrogens is 128 g/mol. The molecule has 0 rings (SSSR count). The minimum absolute atomic E-state index is 0.146. The fourth-order valence-corrected chi connectivity index (χ4v) is 0.407. The molecule has 3 nitrogen and oxygen atoms in total. The Morgan fingerprint density at radius 2 is 2.20 bits per heavy atom. The van der Waals surface area contributed by atoms with Crippen molar-refractivity contribution in [3.8, 4) is 0 Å². The van der Waals surface area contributed by atoms with E-state index >= 15 is 0 Å². The molecule has 0 aliphatic carbocycles. The smallest absolute Gasteiger partial charge is 0.267 e. The highest BCUT2D eigenvalue weighted by Crippen LogP contribution is 1.90. The number of amides is 1. The van der Waals surface area contributed by atoms with Crippen LogP contribution in [0.2, 0.25) is 0 Å². The molecule has 0 aliphatic heterocycles. The summed E-state index contributed by atoms with van der Waals surface area (Å²) in [7, 11) is 0. The van der Waals surface area contributed by atoms with Gasteiger partial charge >= 0.3 is 0 Å². The van der Waals surface area contributed by atoms with E-state index in [0.717, 1.165) is 0 Å². The number of primary amides is 1. The summed E-state index contributed by atoms with van der Waals surface area (Å²) in [5.41, 5.74) is 5.60. The quantitative estimate of drug-likeness (QED) is 0.571. The van der Waals surface area contributed by atoms with Crippen LogP contribution >= 0.6 is 0 Å². The Bertz CT molecular complexity index is 204. The number of carbonyl (C=O) groups excluding carboxylic acids is 1. The maximum atomic E-state index is 10.4. The Balaban J connectivity index is 4.49. The van der Waals surface area contributed by atoms with E-state index in [4.69, 9.17) is 5.73 Å². The van der Waals surface area contributed by atoms with Gasteiger partial charge in [-0.25, -0.2) is 4.99 Å². The highest BCUT2D eigenvalue weighted by Gasteiger charge is 1.99. The number of carbonyl (C=O) groups is 1. The summed E-state index contributed by atoms with van der Waals surface area (Å²) in [6.07, 6.45) is 1.30. The predicted molar refractivity (Wildman–Crippen MR) is 41.6 cm³/mol. The van der Waals surface area contributed by atoms with Gasteiger partial charge in [-0.1, -0.05) is 13.2 Å². The van der Waals surface area contributed by atoms with Gasteiger partial charge in [0.25, 0.3) is 5.91 Å². The first-order chi connectivity index (χ1) is 4.57. The fraction of sp³-hybridized carbons (Fsp3) is 0.143. The summed E-state index contributed by atoms with van der Waals surface area (Å²) in [6, 6.07) is 0. The minimum Gasteiger partial charge on any atom is -0.364 e. The fourth-order valence-electron chi connectivity index (χ4n) is 0.407. The second-order valence-electron chi connectivity index (χ2n) is 1.80. The average Bonchev–Trinajstić information content (AvgIpc) is 1.81. The molecule has 2 N–H and O–H groups in total. The molecule has 54 valence electrons. The molecule has 0 saturated heterocycles. The van der Waals surface area contributed by atoms with Crippen LogP contribution < -0.4 is 5.73 Å². The molecule has 0 spiro atoms. The molecule has 0 aromatic rings. The number of nitrogens with two attached hydrogens (primary N) is 1. The lowest BCUT2D eigenvalue weighted by atomic mass is 10.3. The van der Waals surface area contributed by atoms with Gasteiger partial charge in [-0.3, -0.25) is 4.79 Å². The lowest BCUT2D eigenvalue weighted by molar-refractivity contribution is -0.111. The van der Waals surface area contributed by atoms with E-state index in [0.29, 0.717) is 5.70 Å². The van der Waals surface area contributed by atoms with Crippen molar-refractivity contribution < 1.29 is 4.79 Å². The van der Waals surface area contributed by atoms with Crippen molar-refractivity contribution in [3.63, 3.8) is 0 Å². The molecular formula is C7H10N2O. The Labute approximate surface area is 59.9 Å². The maximum Gasteiger partial charge on any atom is 0.267 e. The minimum atomic E-state index is -0.585. The van der Waals surface area contributed by atoms with Crippen LogP contribution in [0, 0.1) is 0 Å². The van der Waals surface area contributed by atoms with Gasteiger partial charge in [0.05, 0.1) is 0 Å². The summed E-state index contributed by atoms with van der Waals surface area (Å²) in [5, 5.41) is 0. The van der Waals surface area contributed by atoms with Crippen molar-refractivity contribution in [3.05, 3.63) is 24.9 Å². The van der Waals surface area contributed by atoms with Crippen molar-refractivity contribution in [1.82, 2.24) is 0 Å². The second-order valence-corrected chi connectivity index (χ2v) is 1.80. The van der Waals surface area contributed by atoms with E-state index in [1.807, 2.05) is 0 Å².